The molecule has 3 heterocycles. The van der Waals surface area contributed by atoms with Crippen molar-refractivity contribution in [2.45, 2.75) is 43.7 Å². The van der Waals surface area contributed by atoms with Gasteiger partial charge in [0.05, 0.1) is 25.1 Å². The van der Waals surface area contributed by atoms with Crippen LogP contribution in [0, 0.1) is 5.92 Å². The Morgan fingerprint density at radius 1 is 1.10 bits per heavy atom. The van der Waals surface area contributed by atoms with Gasteiger partial charge >= 0.3 is 0 Å². The first-order valence-corrected chi connectivity index (χ1v) is 10.4. The minimum absolute atomic E-state index is 0.0422. The molecular formula is C23H25N3O3. The number of hydrogen-bond donors (Lipinski definition) is 1. The van der Waals surface area contributed by atoms with Gasteiger partial charge in [0.25, 0.3) is 0 Å². The quantitative estimate of drug-likeness (QED) is 0.867. The summed E-state index contributed by atoms with van der Waals surface area (Å²) in [4.78, 5) is 34.1. The Hall–Kier alpha value is -2.73. The SMILES string of the molecule is O=C(C1CCC1)N1C[C@@H]2[C@H](c3ccccc31)[C@H](CO)N2C(=O)Cc1ccccn1. The summed E-state index contributed by atoms with van der Waals surface area (Å²) in [6, 6.07) is 13.1. The van der Waals surface area contributed by atoms with Gasteiger partial charge in [0.2, 0.25) is 11.8 Å². The van der Waals surface area contributed by atoms with E-state index in [2.05, 4.69) is 4.98 Å². The largest absolute Gasteiger partial charge is 0.394 e. The normalized spacial score (nSPS) is 25.5. The fourth-order valence-corrected chi connectivity index (χ4v) is 5.07. The molecule has 1 aromatic heterocycles. The maximum Gasteiger partial charge on any atom is 0.230 e. The maximum atomic E-state index is 13.1. The van der Waals surface area contributed by atoms with Gasteiger partial charge in [-0.25, -0.2) is 0 Å². The van der Waals surface area contributed by atoms with Crippen molar-refractivity contribution in [3.8, 4) is 0 Å². The molecule has 0 spiro atoms. The number of carbonyl (C=O) groups excluding carboxylic acids is 2. The van der Waals surface area contributed by atoms with Crippen molar-refractivity contribution in [2.75, 3.05) is 18.1 Å². The van der Waals surface area contributed by atoms with Gasteiger partial charge in [-0.15, -0.1) is 0 Å². The van der Waals surface area contributed by atoms with Crippen LogP contribution >= 0.6 is 0 Å². The van der Waals surface area contributed by atoms with Crippen LogP contribution in [0.4, 0.5) is 5.69 Å². The van der Waals surface area contributed by atoms with E-state index >= 15 is 0 Å². The van der Waals surface area contributed by atoms with Crippen molar-refractivity contribution >= 4 is 17.5 Å². The summed E-state index contributed by atoms with van der Waals surface area (Å²) in [7, 11) is 0. The van der Waals surface area contributed by atoms with Crippen molar-refractivity contribution in [3.63, 3.8) is 0 Å². The number of rotatable bonds is 4. The Balaban J connectivity index is 1.44. The zero-order valence-electron chi connectivity index (χ0n) is 16.3. The number of likely N-dealkylation sites (tertiary alicyclic amines) is 1. The Labute approximate surface area is 170 Å². The van der Waals surface area contributed by atoms with Crippen LogP contribution in [0.5, 0.6) is 0 Å². The van der Waals surface area contributed by atoms with Crippen LogP contribution in [-0.2, 0) is 16.0 Å². The van der Waals surface area contributed by atoms with Gasteiger partial charge in [0, 0.05) is 36.0 Å². The number of pyridine rings is 1. The summed E-state index contributed by atoms with van der Waals surface area (Å²) in [6.07, 6.45) is 4.90. The predicted molar refractivity (Wildman–Crippen MR) is 108 cm³/mol. The van der Waals surface area contributed by atoms with Gasteiger partial charge in [-0.05, 0) is 36.6 Å². The number of hydrogen-bond acceptors (Lipinski definition) is 4. The number of fused-ring (bicyclic) bond motifs is 3. The van der Waals surface area contributed by atoms with Gasteiger partial charge in [-0.2, -0.15) is 0 Å². The molecule has 2 aromatic rings. The lowest BCUT2D eigenvalue weighted by molar-refractivity contribution is -0.150. The lowest BCUT2D eigenvalue weighted by atomic mass is 9.71. The maximum absolute atomic E-state index is 13.1. The van der Waals surface area contributed by atoms with Crippen LogP contribution in [-0.4, -0.2) is 52.0 Å². The number of amides is 2. The molecule has 1 N–H and O–H groups in total. The summed E-state index contributed by atoms with van der Waals surface area (Å²) >= 11 is 0. The highest BCUT2D eigenvalue weighted by atomic mass is 16.3. The van der Waals surface area contributed by atoms with E-state index < -0.39 is 0 Å². The van der Waals surface area contributed by atoms with E-state index in [1.54, 1.807) is 11.1 Å². The van der Waals surface area contributed by atoms with Crippen molar-refractivity contribution in [1.29, 1.82) is 0 Å². The number of aromatic nitrogens is 1. The van der Waals surface area contributed by atoms with Crippen LogP contribution in [0.2, 0.25) is 0 Å². The molecule has 1 aromatic carbocycles. The summed E-state index contributed by atoms with van der Waals surface area (Å²) in [5.41, 5.74) is 2.73. The third kappa shape index (κ3) is 2.94. The minimum Gasteiger partial charge on any atom is -0.394 e. The average Bonchev–Trinajstić information content (AvgIpc) is 2.67. The molecule has 6 nitrogen and oxygen atoms in total. The van der Waals surface area contributed by atoms with Gasteiger partial charge in [-0.1, -0.05) is 30.7 Å². The summed E-state index contributed by atoms with van der Waals surface area (Å²) in [6.45, 7) is 0.418. The molecule has 6 heteroatoms. The van der Waals surface area contributed by atoms with Crippen LogP contribution in [0.15, 0.2) is 48.7 Å². The number of aliphatic hydroxyl groups is 1. The van der Waals surface area contributed by atoms with E-state index in [9.17, 15) is 14.7 Å². The molecule has 2 aliphatic heterocycles. The molecule has 3 atom stereocenters. The van der Waals surface area contributed by atoms with Crippen LogP contribution in [0.1, 0.15) is 36.4 Å². The Morgan fingerprint density at radius 2 is 1.90 bits per heavy atom. The highest BCUT2D eigenvalue weighted by Gasteiger charge is 2.55. The molecular weight excluding hydrogens is 366 g/mol. The Bertz CT molecular complexity index is 928. The first-order valence-electron chi connectivity index (χ1n) is 10.4. The fourth-order valence-electron chi connectivity index (χ4n) is 5.07. The van der Waals surface area contributed by atoms with Crippen molar-refractivity contribution < 1.29 is 14.7 Å². The number of aliphatic hydroxyl groups excluding tert-OH is 1. The predicted octanol–water partition coefficient (Wildman–Crippen LogP) is 2.13. The standard InChI is InChI=1S/C23H25N3O3/c27-14-20-22-17-9-1-2-10-18(17)25(23(29)15-6-5-7-15)13-19(22)26(20)21(28)12-16-8-3-4-11-24-16/h1-4,8-11,15,19-20,22,27H,5-7,12-14H2/t19-,20+,22+/m1/s1. The molecule has 0 radical (unpaired) electrons. The third-order valence-corrected chi connectivity index (χ3v) is 6.75. The molecule has 0 unspecified atom stereocenters. The lowest BCUT2D eigenvalue weighted by Gasteiger charge is -2.59. The number of nitrogens with zero attached hydrogens (tertiary/aromatic N) is 3. The number of anilines is 1. The van der Waals surface area contributed by atoms with E-state index in [0.717, 1.165) is 36.2 Å². The molecule has 1 saturated heterocycles. The van der Waals surface area contributed by atoms with Gasteiger partial charge in [0.1, 0.15) is 0 Å². The van der Waals surface area contributed by atoms with E-state index in [0.29, 0.717) is 6.54 Å². The lowest BCUT2D eigenvalue weighted by Crippen LogP contribution is -2.71. The van der Waals surface area contributed by atoms with Crippen LogP contribution in [0.3, 0.4) is 0 Å². The molecule has 5 rings (SSSR count). The molecule has 2 amide bonds. The second-order valence-electron chi connectivity index (χ2n) is 8.28. The summed E-state index contributed by atoms with van der Waals surface area (Å²) in [5.74, 6) is 0.298. The molecule has 150 valence electrons. The number of para-hydroxylation sites is 1. The van der Waals surface area contributed by atoms with Crippen LogP contribution in [0.25, 0.3) is 0 Å². The second kappa shape index (κ2) is 7.26. The molecule has 0 bridgehead atoms. The highest BCUT2D eigenvalue weighted by molar-refractivity contribution is 5.97. The van der Waals surface area contributed by atoms with E-state index in [1.165, 1.54) is 0 Å². The van der Waals surface area contributed by atoms with Crippen molar-refractivity contribution in [2.24, 2.45) is 5.92 Å². The van der Waals surface area contributed by atoms with Crippen molar-refractivity contribution in [3.05, 3.63) is 59.9 Å². The number of benzene rings is 1. The smallest absolute Gasteiger partial charge is 0.230 e. The van der Waals surface area contributed by atoms with E-state index in [4.69, 9.17) is 0 Å². The minimum atomic E-state index is -0.252. The number of carbonyl (C=O) groups is 2. The van der Waals surface area contributed by atoms with Crippen LogP contribution < -0.4 is 4.90 Å². The highest BCUT2D eigenvalue weighted by Crippen LogP contribution is 2.49. The zero-order chi connectivity index (χ0) is 20.0. The Morgan fingerprint density at radius 3 is 2.59 bits per heavy atom. The summed E-state index contributed by atoms with van der Waals surface area (Å²) < 4.78 is 0. The first-order chi connectivity index (χ1) is 14.2. The summed E-state index contributed by atoms with van der Waals surface area (Å²) in [5, 5.41) is 10.1. The second-order valence-corrected chi connectivity index (χ2v) is 8.28. The fraction of sp³-hybridized carbons (Fsp3) is 0.435. The molecule has 3 aliphatic rings. The first kappa shape index (κ1) is 18.3. The Kier molecular flexibility index (Phi) is 4.59. The average molecular weight is 391 g/mol. The van der Waals surface area contributed by atoms with Gasteiger partial charge < -0.3 is 14.9 Å². The molecule has 1 saturated carbocycles. The molecule has 2 fully saturated rings. The van der Waals surface area contributed by atoms with E-state index in [1.807, 2.05) is 47.4 Å². The third-order valence-electron chi connectivity index (χ3n) is 6.75. The monoisotopic (exact) mass is 391 g/mol. The molecule has 29 heavy (non-hydrogen) atoms. The molecule has 1 aliphatic carbocycles. The van der Waals surface area contributed by atoms with E-state index in [-0.39, 0.29) is 48.8 Å². The zero-order valence-corrected chi connectivity index (χ0v) is 16.3. The topological polar surface area (TPSA) is 73.7 Å². The van der Waals surface area contributed by atoms with Gasteiger partial charge in [0.15, 0.2) is 0 Å². The van der Waals surface area contributed by atoms with Gasteiger partial charge in [-0.3, -0.25) is 14.6 Å². The van der Waals surface area contributed by atoms with Crippen molar-refractivity contribution in [1.82, 2.24) is 9.88 Å².